The molecular weight excluding hydrogens is 220 g/mol. The zero-order chi connectivity index (χ0) is 10.5. The van der Waals surface area contributed by atoms with Crippen molar-refractivity contribution >= 4 is 23.5 Å². The van der Waals surface area contributed by atoms with E-state index in [1.54, 1.807) is 0 Å². The van der Waals surface area contributed by atoms with E-state index in [9.17, 15) is 0 Å². The molecule has 0 amide bonds. The van der Waals surface area contributed by atoms with Gasteiger partial charge in [0.2, 0.25) is 0 Å². The van der Waals surface area contributed by atoms with Crippen LogP contribution in [-0.2, 0) is 0 Å². The van der Waals surface area contributed by atoms with Crippen molar-refractivity contribution in [1.82, 2.24) is 0 Å². The van der Waals surface area contributed by atoms with E-state index in [0.717, 1.165) is 11.0 Å². The van der Waals surface area contributed by atoms with E-state index in [1.807, 2.05) is 0 Å². The van der Waals surface area contributed by atoms with Crippen molar-refractivity contribution in [2.24, 2.45) is 11.8 Å². The van der Waals surface area contributed by atoms with Crippen LogP contribution in [0.5, 0.6) is 0 Å². The van der Waals surface area contributed by atoms with Crippen LogP contribution in [0, 0.1) is 11.8 Å². The molecular formula is C13H18S2. The highest BCUT2D eigenvalue weighted by molar-refractivity contribution is 8.17. The molecule has 0 N–H and O–H groups in total. The average molecular weight is 238 g/mol. The molecule has 0 saturated carbocycles. The summed E-state index contributed by atoms with van der Waals surface area (Å²) in [6.45, 7) is 3.86. The Morgan fingerprint density at radius 2 is 1.93 bits per heavy atom. The zero-order valence-corrected chi connectivity index (χ0v) is 10.6. The first-order valence-corrected chi connectivity index (χ1v) is 7.70. The van der Waals surface area contributed by atoms with Crippen molar-refractivity contribution in [3.63, 3.8) is 0 Å². The van der Waals surface area contributed by atoms with Gasteiger partial charge in [-0.25, -0.2) is 0 Å². The summed E-state index contributed by atoms with van der Waals surface area (Å²) in [6, 6.07) is 0. The molecule has 0 aromatic heterocycles. The van der Waals surface area contributed by atoms with Crippen molar-refractivity contribution in [2.75, 3.05) is 11.5 Å². The lowest BCUT2D eigenvalue weighted by molar-refractivity contribution is 0.505. The fraction of sp³-hybridized carbons (Fsp3) is 0.538. The molecule has 2 aliphatic rings. The fourth-order valence-corrected chi connectivity index (χ4v) is 5.38. The minimum Gasteiger partial charge on any atom is -0.147 e. The standard InChI is InChI=1S/C13H18S2/c1-2-6-11-7-3-4-8-12(11)13-14-9-5-10-15-13/h2-4,7-8,11-13H,1,5-6,9-10H2/t11-,12-/m1/s1. The van der Waals surface area contributed by atoms with Gasteiger partial charge in [-0.1, -0.05) is 30.4 Å². The number of hydrogen-bond donors (Lipinski definition) is 0. The van der Waals surface area contributed by atoms with Crippen LogP contribution in [0.1, 0.15) is 12.8 Å². The summed E-state index contributed by atoms with van der Waals surface area (Å²) in [7, 11) is 0. The Morgan fingerprint density at radius 1 is 1.20 bits per heavy atom. The Bertz CT molecular complexity index is 262. The van der Waals surface area contributed by atoms with E-state index in [4.69, 9.17) is 0 Å². The number of rotatable bonds is 3. The van der Waals surface area contributed by atoms with E-state index in [1.165, 1.54) is 17.9 Å². The smallest absolute Gasteiger partial charge is 0.0570 e. The van der Waals surface area contributed by atoms with Crippen molar-refractivity contribution in [3.05, 3.63) is 37.0 Å². The van der Waals surface area contributed by atoms with Crippen molar-refractivity contribution in [1.29, 1.82) is 0 Å². The van der Waals surface area contributed by atoms with Gasteiger partial charge in [-0.15, -0.1) is 30.1 Å². The van der Waals surface area contributed by atoms with Gasteiger partial charge < -0.3 is 0 Å². The normalized spacial score (nSPS) is 31.7. The summed E-state index contributed by atoms with van der Waals surface area (Å²) in [6.07, 6.45) is 13.7. The summed E-state index contributed by atoms with van der Waals surface area (Å²) >= 11 is 4.29. The highest BCUT2D eigenvalue weighted by atomic mass is 32.2. The van der Waals surface area contributed by atoms with E-state index in [-0.39, 0.29) is 0 Å². The van der Waals surface area contributed by atoms with Crippen LogP contribution < -0.4 is 0 Å². The Kier molecular flexibility index (Phi) is 4.45. The van der Waals surface area contributed by atoms with Crippen LogP contribution in [0.25, 0.3) is 0 Å². The van der Waals surface area contributed by atoms with Crippen LogP contribution in [0.15, 0.2) is 37.0 Å². The first kappa shape index (κ1) is 11.4. The number of hydrogen-bond acceptors (Lipinski definition) is 2. The second-order valence-corrected chi connectivity index (χ2v) is 6.80. The third-order valence-corrected chi connectivity index (χ3v) is 6.05. The molecule has 1 heterocycles. The Hall–Kier alpha value is -0.0800. The molecule has 82 valence electrons. The lowest BCUT2D eigenvalue weighted by Gasteiger charge is -2.32. The molecule has 0 bridgehead atoms. The van der Waals surface area contributed by atoms with Crippen molar-refractivity contribution in [2.45, 2.75) is 17.4 Å². The van der Waals surface area contributed by atoms with Crippen LogP contribution in [-0.4, -0.2) is 16.1 Å². The van der Waals surface area contributed by atoms with E-state index in [0.29, 0.717) is 11.8 Å². The number of thioether (sulfide) groups is 2. The monoisotopic (exact) mass is 238 g/mol. The predicted octanol–water partition coefficient (Wildman–Crippen LogP) is 4.12. The zero-order valence-electron chi connectivity index (χ0n) is 8.97. The molecule has 1 aliphatic carbocycles. The second kappa shape index (κ2) is 5.86. The maximum Gasteiger partial charge on any atom is 0.0570 e. The maximum absolute atomic E-state index is 3.86. The van der Waals surface area contributed by atoms with Gasteiger partial charge in [0.25, 0.3) is 0 Å². The van der Waals surface area contributed by atoms with E-state index < -0.39 is 0 Å². The SMILES string of the molecule is C=CC[C@@H]1C=CC=C[C@H]1C1SCCCS1. The van der Waals surface area contributed by atoms with E-state index >= 15 is 0 Å². The minimum atomic E-state index is 0.676. The van der Waals surface area contributed by atoms with Crippen molar-refractivity contribution in [3.8, 4) is 0 Å². The van der Waals surface area contributed by atoms with Crippen LogP contribution in [0.3, 0.4) is 0 Å². The summed E-state index contributed by atoms with van der Waals surface area (Å²) in [5, 5.41) is 0. The Balaban J connectivity index is 2.00. The van der Waals surface area contributed by atoms with Gasteiger partial charge in [0.05, 0.1) is 4.58 Å². The van der Waals surface area contributed by atoms with Crippen LogP contribution in [0.2, 0.25) is 0 Å². The van der Waals surface area contributed by atoms with Gasteiger partial charge in [0.1, 0.15) is 0 Å². The lowest BCUT2D eigenvalue weighted by atomic mass is 9.87. The molecule has 2 atom stereocenters. The lowest BCUT2D eigenvalue weighted by Crippen LogP contribution is -2.24. The first-order valence-electron chi connectivity index (χ1n) is 5.61. The van der Waals surface area contributed by atoms with Gasteiger partial charge in [-0.3, -0.25) is 0 Å². The second-order valence-electron chi connectivity index (χ2n) is 4.00. The van der Waals surface area contributed by atoms with Crippen LogP contribution in [0.4, 0.5) is 0 Å². The molecule has 2 rings (SSSR count). The summed E-state index contributed by atoms with van der Waals surface area (Å²) < 4.78 is 0.768. The first-order chi connectivity index (χ1) is 7.42. The summed E-state index contributed by atoms with van der Waals surface area (Å²) in [5.41, 5.74) is 0. The molecule has 0 spiro atoms. The van der Waals surface area contributed by atoms with E-state index in [2.05, 4.69) is 60.5 Å². The van der Waals surface area contributed by atoms with Crippen molar-refractivity contribution < 1.29 is 0 Å². The quantitative estimate of drug-likeness (QED) is 0.678. The topological polar surface area (TPSA) is 0 Å². The van der Waals surface area contributed by atoms with Gasteiger partial charge in [0, 0.05) is 5.92 Å². The van der Waals surface area contributed by atoms with Gasteiger partial charge >= 0.3 is 0 Å². The molecule has 0 aromatic rings. The number of allylic oxidation sites excluding steroid dienone is 5. The third-order valence-electron chi connectivity index (χ3n) is 2.90. The molecule has 15 heavy (non-hydrogen) atoms. The highest BCUT2D eigenvalue weighted by Crippen LogP contribution is 2.41. The predicted molar refractivity (Wildman–Crippen MR) is 73.4 cm³/mol. The van der Waals surface area contributed by atoms with Gasteiger partial charge in [-0.05, 0) is 30.3 Å². The van der Waals surface area contributed by atoms with Gasteiger partial charge in [-0.2, -0.15) is 0 Å². The Morgan fingerprint density at radius 3 is 2.67 bits per heavy atom. The molecule has 1 saturated heterocycles. The molecule has 0 aromatic carbocycles. The molecule has 0 unspecified atom stereocenters. The third kappa shape index (κ3) is 2.94. The Labute approximate surface area is 101 Å². The minimum absolute atomic E-state index is 0.676. The van der Waals surface area contributed by atoms with Crippen LogP contribution >= 0.6 is 23.5 Å². The molecule has 1 fully saturated rings. The molecule has 0 radical (unpaired) electrons. The molecule has 2 heteroatoms. The fourth-order valence-electron chi connectivity index (χ4n) is 2.12. The molecule has 1 aliphatic heterocycles. The maximum atomic E-state index is 3.86. The van der Waals surface area contributed by atoms with Gasteiger partial charge in [0.15, 0.2) is 0 Å². The average Bonchev–Trinajstić information content (AvgIpc) is 2.31. The largest absolute Gasteiger partial charge is 0.147 e. The highest BCUT2D eigenvalue weighted by Gasteiger charge is 2.28. The summed E-state index contributed by atoms with van der Waals surface area (Å²) in [5.74, 6) is 4.07. The molecule has 0 nitrogen and oxygen atoms in total. The summed E-state index contributed by atoms with van der Waals surface area (Å²) in [4.78, 5) is 0.